The van der Waals surface area contributed by atoms with Crippen LogP contribution in [-0.4, -0.2) is 52.8 Å². The Morgan fingerprint density at radius 2 is 2.15 bits per heavy atom. The number of amides is 2. The molecule has 1 spiro atoms. The molecule has 0 bridgehead atoms. The lowest BCUT2D eigenvalue weighted by molar-refractivity contribution is -0.138. The molecular weight excluding hydrogens is 346 g/mol. The van der Waals surface area contributed by atoms with E-state index >= 15 is 0 Å². The van der Waals surface area contributed by atoms with Crippen LogP contribution in [0.2, 0.25) is 0 Å². The number of nitrogens with zero attached hydrogens (tertiary/aromatic N) is 3. The second kappa shape index (κ2) is 6.65. The third-order valence-corrected chi connectivity index (χ3v) is 6.75. The third kappa shape index (κ3) is 3.11. The van der Waals surface area contributed by atoms with Gasteiger partial charge in [0.25, 0.3) is 5.91 Å². The number of likely N-dealkylation sites (tertiary alicyclic amines) is 2. The maximum absolute atomic E-state index is 13.1. The fraction of sp³-hybridized carbons (Fsp3) is 0.550. The Kier molecular flexibility index (Phi) is 4.47. The second-order valence-corrected chi connectivity index (χ2v) is 8.89. The minimum absolute atomic E-state index is 0.0724. The van der Waals surface area contributed by atoms with Gasteiger partial charge in [0, 0.05) is 43.6 Å². The van der Waals surface area contributed by atoms with Crippen LogP contribution < -0.4 is 0 Å². The molecule has 3 heterocycles. The monoisotopic (exact) mass is 371 g/mol. The first-order chi connectivity index (χ1) is 12.5. The van der Waals surface area contributed by atoms with Crippen molar-refractivity contribution in [2.75, 3.05) is 26.2 Å². The number of hydrogen-bond donors (Lipinski definition) is 0. The summed E-state index contributed by atoms with van der Waals surface area (Å²) in [5.74, 6) is 0.365. The molecular formula is C20H25N3O2S. The summed E-state index contributed by atoms with van der Waals surface area (Å²) in [6, 6.07) is 5.82. The average molecular weight is 372 g/mol. The standard InChI is InChI=1S/C20H25N3O2S/c1-3-22-12-20(9-7-18(22)24)8-4-10-23(13-20)19(25)15-5-6-16-17(11-15)26-14(2)21-16/h5-6,11H,3-4,7-10,12-13H2,1-2H3. The molecule has 1 unspecified atom stereocenters. The van der Waals surface area contributed by atoms with Crippen molar-refractivity contribution in [1.82, 2.24) is 14.8 Å². The number of hydrogen-bond acceptors (Lipinski definition) is 4. The van der Waals surface area contributed by atoms with E-state index in [1.54, 1.807) is 11.3 Å². The third-order valence-electron chi connectivity index (χ3n) is 5.82. The van der Waals surface area contributed by atoms with E-state index in [1.807, 2.05) is 41.8 Å². The zero-order valence-electron chi connectivity index (χ0n) is 15.5. The fourth-order valence-electron chi connectivity index (χ4n) is 4.46. The van der Waals surface area contributed by atoms with E-state index in [1.165, 1.54) is 0 Å². The Morgan fingerprint density at radius 1 is 1.31 bits per heavy atom. The summed E-state index contributed by atoms with van der Waals surface area (Å²) in [6.07, 6.45) is 3.63. The second-order valence-electron chi connectivity index (χ2n) is 7.65. The summed E-state index contributed by atoms with van der Waals surface area (Å²) in [5.41, 5.74) is 1.78. The van der Waals surface area contributed by atoms with Crippen LogP contribution in [0.25, 0.3) is 10.2 Å². The molecule has 1 atom stereocenters. The minimum Gasteiger partial charge on any atom is -0.342 e. The molecule has 2 aromatic rings. The van der Waals surface area contributed by atoms with Gasteiger partial charge in [-0.2, -0.15) is 0 Å². The van der Waals surface area contributed by atoms with Crippen LogP contribution in [0.1, 0.15) is 48.0 Å². The molecule has 2 aliphatic heterocycles. The van der Waals surface area contributed by atoms with E-state index in [0.29, 0.717) is 6.42 Å². The Morgan fingerprint density at radius 3 is 2.96 bits per heavy atom. The van der Waals surface area contributed by atoms with E-state index in [2.05, 4.69) is 4.98 Å². The van der Waals surface area contributed by atoms with E-state index < -0.39 is 0 Å². The van der Waals surface area contributed by atoms with Gasteiger partial charge < -0.3 is 9.80 Å². The van der Waals surface area contributed by atoms with Gasteiger partial charge in [0.1, 0.15) is 0 Å². The summed E-state index contributed by atoms with van der Waals surface area (Å²) in [5, 5.41) is 1.02. The predicted molar refractivity (Wildman–Crippen MR) is 103 cm³/mol. The van der Waals surface area contributed by atoms with Crippen molar-refractivity contribution in [2.24, 2.45) is 5.41 Å². The Hall–Kier alpha value is -1.95. The summed E-state index contributed by atoms with van der Waals surface area (Å²) in [7, 11) is 0. The first kappa shape index (κ1) is 17.5. The summed E-state index contributed by atoms with van der Waals surface area (Å²) >= 11 is 1.63. The molecule has 2 fully saturated rings. The number of piperidine rings is 2. The first-order valence-corrected chi connectivity index (χ1v) is 10.3. The molecule has 26 heavy (non-hydrogen) atoms. The van der Waals surface area contributed by atoms with Gasteiger partial charge in [-0.05, 0) is 51.3 Å². The topological polar surface area (TPSA) is 53.5 Å². The van der Waals surface area contributed by atoms with Gasteiger partial charge >= 0.3 is 0 Å². The average Bonchev–Trinajstić information content (AvgIpc) is 3.02. The van der Waals surface area contributed by atoms with Crippen molar-refractivity contribution in [3.05, 3.63) is 28.8 Å². The van der Waals surface area contributed by atoms with E-state index in [-0.39, 0.29) is 17.2 Å². The first-order valence-electron chi connectivity index (χ1n) is 9.44. The molecule has 1 aromatic carbocycles. The van der Waals surface area contributed by atoms with E-state index in [9.17, 15) is 9.59 Å². The predicted octanol–water partition coefficient (Wildman–Crippen LogP) is 3.47. The molecule has 0 N–H and O–H groups in total. The van der Waals surface area contributed by atoms with Gasteiger partial charge in [0.05, 0.1) is 15.2 Å². The van der Waals surface area contributed by atoms with Crippen molar-refractivity contribution in [2.45, 2.75) is 39.5 Å². The van der Waals surface area contributed by atoms with E-state index in [4.69, 9.17) is 0 Å². The number of fused-ring (bicyclic) bond motifs is 1. The molecule has 4 rings (SSSR count). The number of aryl methyl sites for hydroxylation is 1. The number of carbonyl (C=O) groups is 2. The highest BCUT2D eigenvalue weighted by molar-refractivity contribution is 7.18. The van der Waals surface area contributed by atoms with Crippen LogP contribution in [0.15, 0.2) is 18.2 Å². The lowest BCUT2D eigenvalue weighted by atomic mass is 9.73. The van der Waals surface area contributed by atoms with Crippen LogP contribution in [0, 0.1) is 12.3 Å². The van der Waals surface area contributed by atoms with Crippen molar-refractivity contribution >= 4 is 33.4 Å². The Bertz CT molecular complexity index is 862. The summed E-state index contributed by atoms with van der Waals surface area (Å²) in [4.78, 5) is 33.6. The summed E-state index contributed by atoms with van der Waals surface area (Å²) < 4.78 is 1.07. The molecule has 0 radical (unpaired) electrons. The molecule has 2 saturated heterocycles. The zero-order valence-corrected chi connectivity index (χ0v) is 16.3. The maximum atomic E-state index is 13.1. The van der Waals surface area contributed by atoms with Crippen LogP contribution in [-0.2, 0) is 4.79 Å². The molecule has 2 amide bonds. The Labute approximate surface area is 158 Å². The van der Waals surface area contributed by atoms with Crippen LogP contribution >= 0.6 is 11.3 Å². The smallest absolute Gasteiger partial charge is 0.253 e. The normalized spacial score (nSPS) is 23.8. The molecule has 2 aliphatic rings. The maximum Gasteiger partial charge on any atom is 0.253 e. The van der Waals surface area contributed by atoms with Gasteiger partial charge in [-0.15, -0.1) is 11.3 Å². The lowest BCUT2D eigenvalue weighted by Gasteiger charge is -2.48. The van der Waals surface area contributed by atoms with Crippen LogP contribution in [0.3, 0.4) is 0 Å². The number of carbonyl (C=O) groups excluding carboxylic acids is 2. The largest absolute Gasteiger partial charge is 0.342 e. The molecule has 6 heteroatoms. The SMILES string of the molecule is CCN1CC2(CCCN(C(=O)c3ccc4nc(C)sc4c3)C2)CCC1=O. The zero-order chi connectivity index (χ0) is 18.3. The van der Waals surface area contributed by atoms with Crippen molar-refractivity contribution in [1.29, 1.82) is 0 Å². The van der Waals surface area contributed by atoms with Gasteiger partial charge in [-0.1, -0.05) is 0 Å². The molecule has 5 nitrogen and oxygen atoms in total. The van der Waals surface area contributed by atoms with Crippen LogP contribution in [0.4, 0.5) is 0 Å². The molecule has 0 aliphatic carbocycles. The van der Waals surface area contributed by atoms with Crippen molar-refractivity contribution in [3.8, 4) is 0 Å². The summed E-state index contributed by atoms with van der Waals surface area (Å²) in [6.45, 7) is 7.14. The number of thiazole rings is 1. The van der Waals surface area contributed by atoms with Crippen molar-refractivity contribution < 1.29 is 9.59 Å². The minimum atomic E-state index is 0.0724. The van der Waals surface area contributed by atoms with Gasteiger partial charge in [0.2, 0.25) is 5.91 Å². The Balaban J connectivity index is 1.54. The quantitative estimate of drug-likeness (QED) is 0.812. The fourth-order valence-corrected chi connectivity index (χ4v) is 5.33. The number of aromatic nitrogens is 1. The highest BCUT2D eigenvalue weighted by atomic mass is 32.1. The highest BCUT2D eigenvalue weighted by Gasteiger charge is 2.42. The van der Waals surface area contributed by atoms with Crippen molar-refractivity contribution in [3.63, 3.8) is 0 Å². The van der Waals surface area contributed by atoms with Gasteiger partial charge in [0.15, 0.2) is 0 Å². The molecule has 138 valence electrons. The van der Waals surface area contributed by atoms with E-state index in [0.717, 1.165) is 66.2 Å². The highest BCUT2D eigenvalue weighted by Crippen LogP contribution is 2.39. The number of rotatable bonds is 2. The number of benzene rings is 1. The lowest BCUT2D eigenvalue weighted by Crippen LogP contribution is -2.55. The van der Waals surface area contributed by atoms with Gasteiger partial charge in [-0.3, -0.25) is 9.59 Å². The molecule has 1 aromatic heterocycles. The van der Waals surface area contributed by atoms with Gasteiger partial charge in [-0.25, -0.2) is 4.98 Å². The van der Waals surface area contributed by atoms with Crippen LogP contribution in [0.5, 0.6) is 0 Å². The molecule has 0 saturated carbocycles.